The van der Waals surface area contributed by atoms with Gasteiger partial charge in [0.25, 0.3) is 0 Å². The summed E-state index contributed by atoms with van der Waals surface area (Å²) in [7, 11) is 0. The number of benzene rings is 1. The molecule has 0 spiro atoms. The fourth-order valence-corrected chi connectivity index (χ4v) is 2.17. The number of nitrogens with one attached hydrogen (secondary N) is 1. The van der Waals surface area contributed by atoms with E-state index in [1.807, 2.05) is 10.8 Å². The summed E-state index contributed by atoms with van der Waals surface area (Å²) in [6.07, 6.45) is 0.217. The molecule has 6 heteroatoms. The van der Waals surface area contributed by atoms with Crippen molar-refractivity contribution in [3.8, 4) is 0 Å². The van der Waals surface area contributed by atoms with Crippen molar-refractivity contribution in [3.63, 3.8) is 0 Å². The number of hydrogen-bond acceptors (Lipinski definition) is 2. The number of hydrogen-bond donors (Lipinski definition) is 1. The Kier molecular flexibility index (Phi) is 4.55. The van der Waals surface area contributed by atoms with E-state index in [-0.39, 0.29) is 5.56 Å². The van der Waals surface area contributed by atoms with Crippen LogP contribution in [0.2, 0.25) is 0 Å². The number of imidazole rings is 1. The van der Waals surface area contributed by atoms with Gasteiger partial charge in [0, 0.05) is 24.6 Å². The lowest BCUT2D eigenvalue weighted by molar-refractivity contribution is -0.138. The molecule has 1 heterocycles. The van der Waals surface area contributed by atoms with Crippen LogP contribution < -0.4 is 5.32 Å². The second-order valence-electron chi connectivity index (χ2n) is 4.92. The highest BCUT2D eigenvalue weighted by Gasteiger charge is 2.32. The van der Waals surface area contributed by atoms with Crippen LogP contribution in [0, 0.1) is 6.92 Å². The third kappa shape index (κ3) is 3.77. The number of rotatable bonds is 5. The second-order valence-corrected chi connectivity index (χ2v) is 4.92. The monoisotopic (exact) mass is 297 g/mol. The molecule has 0 atom stereocenters. The minimum absolute atomic E-state index is 0.223. The number of halogens is 3. The van der Waals surface area contributed by atoms with Gasteiger partial charge < -0.3 is 9.88 Å². The molecule has 0 aliphatic carbocycles. The van der Waals surface area contributed by atoms with E-state index in [9.17, 15) is 13.2 Å². The fraction of sp³-hybridized carbons (Fsp3) is 0.400. The van der Waals surface area contributed by atoms with E-state index in [1.54, 1.807) is 12.3 Å². The molecule has 0 fully saturated rings. The van der Waals surface area contributed by atoms with Gasteiger partial charge in [-0.05, 0) is 31.0 Å². The van der Waals surface area contributed by atoms with Crippen molar-refractivity contribution < 1.29 is 13.2 Å². The first kappa shape index (κ1) is 15.4. The van der Waals surface area contributed by atoms with Gasteiger partial charge in [-0.2, -0.15) is 13.2 Å². The predicted octanol–water partition coefficient (Wildman–Crippen LogP) is 4.23. The normalized spacial score (nSPS) is 11.7. The van der Waals surface area contributed by atoms with Gasteiger partial charge in [-0.25, -0.2) is 4.98 Å². The second kappa shape index (κ2) is 6.20. The summed E-state index contributed by atoms with van der Waals surface area (Å²) in [6, 6.07) is 4.27. The molecule has 21 heavy (non-hydrogen) atoms. The Hall–Kier alpha value is -1.98. The van der Waals surface area contributed by atoms with Crippen LogP contribution in [0.25, 0.3) is 0 Å². The standard InChI is InChI=1S/C15H18F3N3/c1-3-7-21-8-6-19-14(21)10-20-12-5-4-11(2)13(9-12)15(16,17)18/h4-6,8-9,20H,3,7,10H2,1-2H3. The highest BCUT2D eigenvalue weighted by Crippen LogP contribution is 2.33. The van der Waals surface area contributed by atoms with E-state index < -0.39 is 11.7 Å². The molecule has 0 bridgehead atoms. The zero-order valence-corrected chi connectivity index (χ0v) is 12.0. The molecule has 0 radical (unpaired) electrons. The van der Waals surface area contributed by atoms with Crippen LogP contribution in [0.15, 0.2) is 30.6 Å². The number of aryl methyl sites for hydroxylation is 2. The van der Waals surface area contributed by atoms with Crippen molar-refractivity contribution in [2.24, 2.45) is 0 Å². The number of nitrogens with zero attached hydrogens (tertiary/aromatic N) is 2. The molecule has 3 nitrogen and oxygen atoms in total. The lowest BCUT2D eigenvalue weighted by atomic mass is 10.1. The Morgan fingerprint density at radius 3 is 2.71 bits per heavy atom. The van der Waals surface area contributed by atoms with Crippen molar-refractivity contribution in [3.05, 3.63) is 47.5 Å². The maximum absolute atomic E-state index is 12.9. The van der Waals surface area contributed by atoms with Crippen LogP contribution in [-0.4, -0.2) is 9.55 Å². The number of aromatic nitrogens is 2. The topological polar surface area (TPSA) is 29.9 Å². The summed E-state index contributed by atoms with van der Waals surface area (Å²) in [4.78, 5) is 4.22. The van der Waals surface area contributed by atoms with E-state index in [2.05, 4.69) is 17.2 Å². The van der Waals surface area contributed by atoms with Crippen molar-refractivity contribution in [1.29, 1.82) is 0 Å². The minimum Gasteiger partial charge on any atom is -0.378 e. The summed E-state index contributed by atoms with van der Waals surface area (Å²) in [6.45, 7) is 4.76. The Balaban J connectivity index is 2.12. The Morgan fingerprint density at radius 1 is 1.29 bits per heavy atom. The molecule has 1 N–H and O–H groups in total. The molecule has 0 amide bonds. The molecule has 2 aromatic rings. The predicted molar refractivity (Wildman–Crippen MR) is 76.0 cm³/mol. The maximum atomic E-state index is 12.9. The molecule has 0 saturated carbocycles. The van der Waals surface area contributed by atoms with Gasteiger partial charge in [-0.15, -0.1) is 0 Å². The first-order chi connectivity index (χ1) is 9.91. The third-order valence-corrected chi connectivity index (χ3v) is 3.26. The first-order valence-electron chi connectivity index (χ1n) is 6.83. The van der Waals surface area contributed by atoms with Crippen LogP contribution in [0.1, 0.15) is 30.3 Å². The minimum atomic E-state index is -4.33. The molecule has 0 aliphatic rings. The van der Waals surface area contributed by atoms with Crippen molar-refractivity contribution in [2.75, 3.05) is 5.32 Å². The molecular formula is C15H18F3N3. The highest BCUT2D eigenvalue weighted by atomic mass is 19.4. The zero-order chi connectivity index (χ0) is 15.5. The molecule has 0 aliphatic heterocycles. The molecule has 1 aromatic heterocycles. The lowest BCUT2D eigenvalue weighted by Crippen LogP contribution is -2.11. The molecule has 114 valence electrons. The molecular weight excluding hydrogens is 279 g/mol. The molecule has 1 aromatic carbocycles. The van der Waals surface area contributed by atoms with Crippen LogP contribution in [0.5, 0.6) is 0 Å². The molecule has 0 saturated heterocycles. The Morgan fingerprint density at radius 2 is 2.05 bits per heavy atom. The third-order valence-electron chi connectivity index (χ3n) is 3.26. The fourth-order valence-electron chi connectivity index (χ4n) is 2.17. The van der Waals surface area contributed by atoms with Crippen LogP contribution >= 0.6 is 0 Å². The summed E-state index contributed by atoms with van der Waals surface area (Å²) in [5, 5.41) is 3.00. The van der Waals surface area contributed by atoms with Gasteiger partial charge >= 0.3 is 6.18 Å². The average Bonchev–Trinajstić information content (AvgIpc) is 2.84. The van der Waals surface area contributed by atoms with Crippen molar-refractivity contribution >= 4 is 5.69 Å². The zero-order valence-electron chi connectivity index (χ0n) is 12.0. The van der Waals surface area contributed by atoms with Crippen molar-refractivity contribution in [2.45, 2.75) is 39.5 Å². The van der Waals surface area contributed by atoms with Gasteiger partial charge in [0.2, 0.25) is 0 Å². The summed E-state index contributed by atoms with van der Waals surface area (Å²) in [5.41, 5.74) is 0.0592. The Bertz CT molecular complexity index is 602. The molecule has 0 unspecified atom stereocenters. The summed E-state index contributed by atoms with van der Waals surface area (Å²) in [5.74, 6) is 0.811. The van der Waals surface area contributed by atoms with Gasteiger partial charge in [0.15, 0.2) is 0 Å². The lowest BCUT2D eigenvalue weighted by Gasteiger charge is -2.13. The van der Waals surface area contributed by atoms with Crippen LogP contribution in [-0.2, 0) is 19.3 Å². The van der Waals surface area contributed by atoms with Gasteiger partial charge in [-0.3, -0.25) is 0 Å². The Labute approximate surface area is 121 Å². The van der Waals surface area contributed by atoms with Gasteiger partial charge in [0.1, 0.15) is 5.82 Å². The number of anilines is 1. The van der Waals surface area contributed by atoms with E-state index in [4.69, 9.17) is 0 Å². The quantitative estimate of drug-likeness (QED) is 0.895. The average molecular weight is 297 g/mol. The maximum Gasteiger partial charge on any atom is 0.416 e. The van der Waals surface area contributed by atoms with Gasteiger partial charge in [0.05, 0.1) is 12.1 Å². The summed E-state index contributed by atoms with van der Waals surface area (Å²) < 4.78 is 40.6. The highest BCUT2D eigenvalue weighted by molar-refractivity contribution is 5.49. The van der Waals surface area contributed by atoms with Gasteiger partial charge in [-0.1, -0.05) is 13.0 Å². The van der Waals surface area contributed by atoms with E-state index in [1.165, 1.54) is 13.0 Å². The smallest absolute Gasteiger partial charge is 0.378 e. The molecule has 2 rings (SSSR count). The SMILES string of the molecule is CCCn1ccnc1CNc1ccc(C)c(C(F)(F)F)c1. The van der Waals surface area contributed by atoms with E-state index in [0.717, 1.165) is 24.9 Å². The van der Waals surface area contributed by atoms with E-state index in [0.29, 0.717) is 12.2 Å². The first-order valence-corrected chi connectivity index (χ1v) is 6.83. The van der Waals surface area contributed by atoms with E-state index >= 15 is 0 Å². The van der Waals surface area contributed by atoms with Crippen LogP contribution in [0.4, 0.5) is 18.9 Å². The number of alkyl halides is 3. The summed E-state index contributed by atoms with van der Waals surface area (Å²) >= 11 is 0. The van der Waals surface area contributed by atoms with Crippen LogP contribution in [0.3, 0.4) is 0 Å². The largest absolute Gasteiger partial charge is 0.416 e. The van der Waals surface area contributed by atoms with Crippen molar-refractivity contribution in [1.82, 2.24) is 9.55 Å².